The van der Waals surface area contributed by atoms with Crippen LogP contribution in [0.4, 0.5) is 0 Å². The first kappa shape index (κ1) is 16.2. The summed E-state index contributed by atoms with van der Waals surface area (Å²) in [6, 6.07) is 0. The quantitative estimate of drug-likeness (QED) is 0.375. The number of carbonyl (C=O) groups is 1. The minimum absolute atomic E-state index is 0.170. The number of hydrogen-bond donors (Lipinski definition) is 1. The third-order valence-electron chi connectivity index (χ3n) is 3.56. The number of quaternary nitrogens is 1. The molecular formula is C14H29N2O+. The Labute approximate surface area is 106 Å². The van der Waals surface area contributed by atoms with Gasteiger partial charge in [-0.15, -0.1) is 0 Å². The maximum Gasteiger partial charge on any atom is 0.224 e. The summed E-state index contributed by atoms with van der Waals surface area (Å²) >= 11 is 0. The molecular weight excluding hydrogens is 212 g/mol. The maximum atomic E-state index is 11.6. The second kappa shape index (κ2) is 9.23. The van der Waals surface area contributed by atoms with Crippen molar-refractivity contribution in [1.82, 2.24) is 5.32 Å². The highest BCUT2D eigenvalue weighted by molar-refractivity contribution is 5.75. The zero-order valence-corrected chi connectivity index (χ0v) is 12.0. The van der Waals surface area contributed by atoms with Gasteiger partial charge in [0, 0.05) is 6.42 Å². The lowest BCUT2D eigenvalue weighted by molar-refractivity contribution is -0.924. The first-order chi connectivity index (χ1) is 8.14. The van der Waals surface area contributed by atoms with Crippen LogP contribution >= 0.6 is 0 Å². The van der Waals surface area contributed by atoms with Crippen molar-refractivity contribution in [1.29, 1.82) is 0 Å². The van der Waals surface area contributed by atoms with Gasteiger partial charge >= 0.3 is 0 Å². The Balaban J connectivity index is 3.92. The van der Waals surface area contributed by atoms with Crippen LogP contribution in [-0.2, 0) is 4.79 Å². The molecule has 100 valence electrons. The molecule has 0 saturated carbocycles. The van der Waals surface area contributed by atoms with Gasteiger partial charge in [0.25, 0.3) is 0 Å². The lowest BCUT2D eigenvalue weighted by atomic mass is 10.2. The van der Waals surface area contributed by atoms with E-state index >= 15 is 0 Å². The Bertz CT molecular complexity index is 224. The van der Waals surface area contributed by atoms with Crippen molar-refractivity contribution in [2.75, 3.05) is 26.3 Å². The zero-order valence-electron chi connectivity index (χ0n) is 12.0. The standard InChI is InChI=1S/C14H28N2O/c1-5-9-10-11-12-14(17)15-13-16(6-2,7-3)8-4/h9-10H,5-8,11-13H2,1-4H3/p+1/b10-9+. The van der Waals surface area contributed by atoms with Gasteiger partial charge in [-0.2, -0.15) is 0 Å². The zero-order chi connectivity index (χ0) is 13.1. The number of amides is 1. The molecule has 0 aliphatic heterocycles. The molecule has 0 spiro atoms. The third kappa shape index (κ3) is 6.47. The van der Waals surface area contributed by atoms with Gasteiger partial charge in [0.15, 0.2) is 6.67 Å². The summed E-state index contributed by atoms with van der Waals surface area (Å²) in [4.78, 5) is 11.6. The molecule has 0 aliphatic rings. The average Bonchev–Trinajstić information content (AvgIpc) is 2.37. The first-order valence-corrected chi connectivity index (χ1v) is 6.90. The second-order valence-corrected chi connectivity index (χ2v) is 4.47. The second-order valence-electron chi connectivity index (χ2n) is 4.47. The molecule has 0 heterocycles. The van der Waals surface area contributed by atoms with Gasteiger partial charge in [0.2, 0.25) is 5.91 Å². The van der Waals surface area contributed by atoms with E-state index in [4.69, 9.17) is 0 Å². The minimum atomic E-state index is 0.170. The monoisotopic (exact) mass is 241 g/mol. The molecule has 0 bridgehead atoms. The molecule has 0 unspecified atom stereocenters. The van der Waals surface area contributed by atoms with Gasteiger partial charge in [-0.05, 0) is 33.6 Å². The van der Waals surface area contributed by atoms with Crippen molar-refractivity contribution < 1.29 is 9.28 Å². The van der Waals surface area contributed by atoms with E-state index in [1.54, 1.807) is 0 Å². The Kier molecular flexibility index (Phi) is 8.78. The molecule has 0 atom stereocenters. The van der Waals surface area contributed by atoms with Crippen molar-refractivity contribution in [2.24, 2.45) is 0 Å². The van der Waals surface area contributed by atoms with Crippen LogP contribution < -0.4 is 5.32 Å². The summed E-state index contributed by atoms with van der Waals surface area (Å²) in [7, 11) is 0. The van der Waals surface area contributed by atoms with Crippen LogP contribution in [0.15, 0.2) is 12.2 Å². The Morgan fingerprint density at radius 1 is 1.06 bits per heavy atom. The first-order valence-electron chi connectivity index (χ1n) is 6.90. The highest BCUT2D eigenvalue weighted by Crippen LogP contribution is 2.03. The molecule has 17 heavy (non-hydrogen) atoms. The molecule has 0 aromatic heterocycles. The molecule has 0 aromatic rings. The fraction of sp³-hybridized carbons (Fsp3) is 0.786. The molecule has 3 heteroatoms. The van der Waals surface area contributed by atoms with Gasteiger partial charge in [-0.25, -0.2) is 0 Å². The maximum absolute atomic E-state index is 11.6. The van der Waals surface area contributed by atoms with Crippen LogP contribution in [0.25, 0.3) is 0 Å². The van der Waals surface area contributed by atoms with E-state index in [2.05, 4.69) is 45.2 Å². The summed E-state index contributed by atoms with van der Waals surface area (Å²) in [6.07, 6.45) is 6.69. The van der Waals surface area contributed by atoms with E-state index in [0.29, 0.717) is 6.42 Å². The molecule has 0 radical (unpaired) electrons. The van der Waals surface area contributed by atoms with Gasteiger partial charge in [-0.3, -0.25) is 4.79 Å². The summed E-state index contributed by atoms with van der Waals surface area (Å²) < 4.78 is 0.969. The Morgan fingerprint density at radius 3 is 2.12 bits per heavy atom. The smallest absolute Gasteiger partial charge is 0.224 e. The van der Waals surface area contributed by atoms with Crippen LogP contribution in [0.1, 0.15) is 47.0 Å². The van der Waals surface area contributed by atoms with E-state index in [-0.39, 0.29) is 5.91 Å². The van der Waals surface area contributed by atoms with Crippen LogP contribution in [0, 0.1) is 0 Å². The summed E-state index contributed by atoms with van der Waals surface area (Å²) in [6.45, 7) is 12.6. The van der Waals surface area contributed by atoms with E-state index in [1.165, 1.54) is 0 Å². The summed E-state index contributed by atoms with van der Waals surface area (Å²) in [5, 5.41) is 3.05. The topological polar surface area (TPSA) is 29.1 Å². The number of nitrogens with one attached hydrogen (secondary N) is 1. The Hall–Kier alpha value is -0.830. The highest BCUT2D eigenvalue weighted by Gasteiger charge is 2.20. The van der Waals surface area contributed by atoms with E-state index < -0.39 is 0 Å². The number of nitrogens with zero attached hydrogens (tertiary/aromatic N) is 1. The predicted molar refractivity (Wildman–Crippen MR) is 73.6 cm³/mol. The van der Waals surface area contributed by atoms with E-state index in [9.17, 15) is 4.79 Å². The summed E-state index contributed by atoms with van der Waals surface area (Å²) in [5.41, 5.74) is 0. The largest absolute Gasteiger partial charge is 0.309 e. The summed E-state index contributed by atoms with van der Waals surface area (Å²) in [5.74, 6) is 0.170. The van der Waals surface area contributed by atoms with Gasteiger partial charge in [0.05, 0.1) is 19.6 Å². The lowest BCUT2D eigenvalue weighted by Crippen LogP contribution is -2.54. The number of carbonyl (C=O) groups excluding carboxylic acids is 1. The van der Waals surface area contributed by atoms with Crippen LogP contribution in [0.2, 0.25) is 0 Å². The van der Waals surface area contributed by atoms with Gasteiger partial charge in [0.1, 0.15) is 0 Å². The normalized spacial score (nSPS) is 12.0. The molecule has 0 fully saturated rings. The van der Waals surface area contributed by atoms with Crippen molar-refractivity contribution in [2.45, 2.75) is 47.0 Å². The van der Waals surface area contributed by atoms with Crippen LogP contribution in [-0.4, -0.2) is 36.7 Å². The lowest BCUT2D eigenvalue weighted by Gasteiger charge is -2.35. The van der Waals surface area contributed by atoms with Crippen LogP contribution in [0.3, 0.4) is 0 Å². The SMILES string of the molecule is CC/C=C/CCC(=O)NC[N+](CC)(CC)CC. The van der Waals surface area contributed by atoms with E-state index in [0.717, 1.165) is 43.6 Å². The molecule has 1 amide bonds. The van der Waals surface area contributed by atoms with Gasteiger partial charge in [-0.1, -0.05) is 19.1 Å². The van der Waals surface area contributed by atoms with Crippen LogP contribution in [0.5, 0.6) is 0 Å². The molecule has 0 aliphatic carbocycles. The minimum Gasteiger partial charge on any atom is -0.309 e. The van der Waals surface area contributed by atoms with Crippen molar-refractivity contribution in [3.05, 3.63) is 12.2 Å². The van der Waals surface area contributed by atoms with E-state index in [1.807, 2.05) is 0 Å². The fourth-order valence-corrected chi connectivity index (χ4v) is 1.85. The predicted octanol–water partition coefficient (Wildman–Crippen LogP) is 2.68. The molecule has 1 N–H and O–H groups in total. The molecule has 3 nitrogen and oxygen atoms in total. The molecule has 0 rings (SSSR count). The Morgan fingerprint density at radius 2 is 1.65 bits per heavy atom. The molecule has 0 aromatic carbocycles. The van der Waals surface area contributed by atoms with Crippen molar-refractivity contribution in [3.63, 3.8) is 0 Å². The number of hydrogen-bond acceptors (Lipinski definition) is 1. The van der Waals surface area contributed by atoms with Gasteiger partial charge < -0.3 is 9.80 Å². The highest BCUT2D eigenvalue weighted by atomic mass is 16.1. The van der Waals surface area contributed by atoms with Crippen molar-refractivity contribution in [3.8, 4) is 0 Å². The average molecular weight is 241 g/mol. The number of rotatable bonds is 9. The van der Waals surface area contributed by atoms with Crippen molar-refractivity contribution >= 4 is 5.91 Å². The third-order valence-corrected chi connectivity index (χ3v) is 3.56. The molecule has 0 saturated heterocycles. The number of allylic oxidation sites excluding steroid dienone is 2. The fourth-order valence-electron chi connectivity index (χ4n) is 1.85.